The first-order valence-electron chi connectivity index (χ1n) is 9.16. The van der Waals surface area contributed by atoms with E-state index in [1.54, 1.807) is 6.20 Å². The maximum absolute atomic E-state index is 13.0. The van der Waals surface area contributed by atoms with Crippen LogP contribution in [0.2, 0.25) is 0 Å². The molecular formula is C21H24N2O2. The van der Waals surface area contributed by atoms with Gasteiger partial charge in [-0.3, -0.25) is 9.78 Å². The van der Waals surface area contributed by atoms with Gasteiger partial charge in [-0.05, 0) is 73.6 Å². The van der Waals surface area contributed by atoms with E-state index in [1.165, 1.54) is 24.0 Å². The predicted octanol–water partition coefficient (Wildman–Crippen LogP) is 3.48. The van der Waals surface area contributed by atoms with Crippen molar-refractivity contribution in [2.24, 2.45) is 0 Å². The minimum absolute atomic E-state index is 0.0722. The summed E-state index contributed by atoms with van der Waals surface area (Å²) in [5.41, 5.74) is 5.64. The van der Waals surface area contributed by atoms with Gasteiger partial charge in [-0.1, -0.05) is 6.07 Å². The zero-order valence-corrected chi connectivity index (χ0v) is 14.7. The van der Waals surface area contributed by atoms with Gasteiger partial charge in [0.1, 0.15) is 6.10 Å². The van der Waals surface area contributed by atoms with E-state index >= 15 is 0 Å². The average molecular weight is 336 g/mol. The van der Waals surface area contributed by atoms with Crippen LogP contribution in [0.4, 0.5) is 0 Å². The number of morpholine rings is 1. The largest absolute Gasteiger partial charge is 0.370 e. The normalized spacial score (nSPS) is 20.2. The lowest BCUT2D eigenvalue weighted by Crippen LogP contribution is -2.42. The number of hydrogen-bond donors (Lipinski definition) is 0. The van der Waals surface area contributed by atoms with E-state index in [0.717, 1.165) is 29.7 Å². The number of rotatable bonds is 2. The molecule has 130 valence electrons. The Kier molecular flexibility index (Phi) is 4.53. The van der Waals surface area contributed by atoms with Gasteiger partial charge in [-0.2, -0.15) is 0 Å². The molecule has 0 bridgehead atoms. The first-order valence-corrected chi connectivity index (χ1v) is 9.16. The highest BCUT2D eigenvalue weighted by Gasteiger charge is 2.26. The van der Waals surface area contributed by atoms with Crippen LogP contribution in [0, 0.1) is 6.92 Å². The molecule has 4 rings (SSSR count). The smallest absolute Gasteiger partial charge is 0.254 e. The Morgan fingerprint density at radius 1 is 1.16 bits per heavy atom. The molecule has 1 aliphatic carbocycles. The second kappa shape index (κ2) is 6.96. The number of pyridine rings is 1. The summed E-state index contributed by atoms with van der Waals surface area (Å²) in [5, 5.41) is 0. The van der Waals surface area contributed by atoms with E-state index in [9.17, 15) is 4.79 Å². The topological polar surface area (TPSA) is 42.4 Å². The van der Waals surface area contributed by atoms with E-state index in [1.807, 2.05) is 30.0 Å². The van der Waals surface area contributed by atoms with Gasteiger partial charge in [0.15, 0.2) is 0 Å². The highest BCUT2D eigenvalue weighted by Crippen LogP contribution is 2.26. The van der Waals surface area contributed by atoms with Gasteiger partial charge in [0.2, 0.25) is 0 Å². The molecule has 1 fully saturated rings. The lowest BCUT2D eigenvalue weighted by atomic mass is 9.90. The zero-order chi connectivity index (χ0) is 17.2. The fraction of sp³-hybridized carbons (Fsp3) is 0.429. The summed E-state index contributed by atoms with van der Waals surface area (Å²) in [6, 6.07) is 10.3. The Labute approximate surface area is 148 Å². The second-order valence-corrected chi connectivity index (χ2v) is 7.03. The zero-order valence-electron chi connectivity index (χ0n) is 14.7. The molecule has 0 radical (unpaired) electrons. The van der Waals surface area contributed by atoms with E-state index in [0.29, 0.717) is 19.7 Å². The van der Waals surface area contributed by atoms with Crippen LogP contribution < -0.4 is 0 Å². The number of aryl methyl sites for hydroxylation is 3. The van der Waals surface area contributed by atoms with Gasteiger partial charge in [-0.25, -0.2) is 0 Å². The summed E-state index contributed by atoms with van der Waals surface area (Å²) in [6.07, 6.45) is 6.46. The van der Waals surface area contributed by atoms with Crippen molar-refractivity contribution in [1.29, 1.82) is 0 Å². The molecule has 0 N–H and O–H groups in total. The van der Waals surface area contributed by atoms with Crippen molar-refractivity contribution in [2.75, 3.05) is 19.7 Å². The predicted molar refractivity (Wildman–Crippen MR) is 96.7 cm³/mol. The van der Waals surface area contributed by atoms with Gasteiger partial charge >= 0.3 is 0 Å². The van der Waals surface area contributed by atoms with E-state index < -0.39 is 0 Å². The van der Waals surface area contributed by atoms with Gasteiger partial charge in [0, 0.05) is 24.0 Å². The van der Waals surface area contributed by atoms with Crippen LogP contribution in [0.3, 0.4) is 0 Å². The first kappa shape index (κ1) is 16.3. The highest BCUT2D eigenvalue weighted by atomic mass is 16.5. The molecule has 1 aliphatic heterocycles. The molecule has 1 aromatic heterocycles. The van der Waals surface area contributed by atoms with Gasteiger partial charge in [-0.15, -0.1) is 0 Å². The molecule has 4 heteroatoms. The number of amides is 1. The highest BCUT2D eigenvalue weighted by molar-refractivity contribution is 5.94. The summed E-state index contributed by atoms with van der Waals surface area (Å²) in [7, 11) is 0. The van der Waals surface area contributed by atoms with Crippen molar-refractivity contribution in [3.05, 3.63) is 64.5 Å². The van der Waals surface area contributed by atoms with Crippen molar-refractivity contribution >= 4 is 5.91 Å². The number of benzene rings is 1. The minimum Gasteiger partial charge on any atom is -0.370 e. The number of carbonyl (C=O) groups excluding carboxylic acids is 1. The second-order valence-electron chi connectivity index (χ2n) is 7.03. The lowest BCUT2D eigenvalue weighted by Gasteiger charge is -2.33. The van der Waals surface area contributed by atoms with Gasteiger partial charge in [0.05, 0.1) is 13.2 Å². The van der Waals surface area contributed by atoms with Crippen molar-refractivity contribution in [3.63, 3.8) is 0 Å². The van der Waals surface area contributed by atoms with E-state index in [4.69, 9.17) is 4.74 Å². The number of nitrogens with zero attached hydrogens (tertiary/aromatic N) is 2. The molecule has 1 amide bonds. The maximum Gasteiger partial charge on any atom is 0.254 e. The Hall–Kier alpha value is -2.20. The number of hydrogen-bond acceptors (Lipinski definition) is 3. The minimum atomic E-state index is -0.0722. The molecule has 2 aliphatic rings. The summed E-state index contributed by atoms with van der Waals surface area (Å²) in [5.74, 6) is 0.118. The van der Waals surface area contributed by atoms with Crippen LogP contribution >= 0.6 is 0 Å². The molecule has 25 heavy (non-hydrogen) atoms. The molecule has 1 aromatic carbocycles. The number of fused-ring (bicyclic) bond motifs is 1. The number of ether oxygens (including phenoxy) is 1. The maximum atomic E-state index is 13.0. The third-order valence-corrected chi connectivity index (χ3v) is 5.24. The SMILES string of the molecule is Cc1cc([C@H]2CN(C(=O)c3ccc4c(c3)CCCC4)CCO2)ccn1. The van der Waals surface area contributed by atoms with Crippen molar-refractivity contribution in [3.8, 4) is 0 Å². The Morgan fingerprint density at radius 3 is 2.84 bits per heavy atom. The van der Waals surface area contributed by atoms with Crippen molar-refractivity contribution in [1.82, 2.24) is 9.88 Å². The summed E-state index contributed by atoms with van der Waals surface area (Å²) in [4.78, 5) is 19.2. The number of carbonyl (C=O) groups is 1. The molecule has 2 heterocycles. The fourth-order valence-corrected chi connectivity index (χ4v) is 3.85. The van der Waals surface area contributed by atoms with Crippen LogP contribution in [0.1, 0.15) is 51.7 Å². The number of aromatic nitrogens is 1. The van der Waals surface area contributed by atoms with Gasteiger partial charge in [0.25, 0.3) is 5.91 Å². The summed E-state index contributed by atoms with van der Waals surface area (Å²) >= 11 is 0. The van der Waals surface area contributed by atoms with Crippen LogP contribution in [0.5, 0.6) is 0 Å². The van der Waals surface area contributed by atoms with E-state index in [-0.39, 0.29) is 12.0 Å². The summed E-state index contributed by atoms with van der Waals surface area (Å²) < 4.78 is 5.90. The monoisotopic (exact) mass is 336 g/mol. The molecule has 1 saturated heterocycles. The quantitative estimate of drug-likeness (QED) is 0.843. The fourth-order valence-electron chi connectivity index (χ4n) is 3.85. The first-order chi connectivity index (χ1) is 12.2. The van der Waals surface area contributed by atoms with E-state index in [2.05, 4.69) is 17.1 Å². The lowest BCUT2D eigenvalue weighted by molar-refractivity contribution is -0.0228. The van der Waals surface area contributed by atoms with Crippen molar-refractivity contribution < 1.29 is 9.53 Å². The molecule has 0 saturated carbocycles. The third kappa shape index (κ3) is 3.45. The third-order valence-electron chi connectivity index (χ3n) is 5.24. The van der Waals surface area contributed by atoms with Crippen molar-refractivity contribution in [2.45, 2.75) is 38.7 Å². The molecule has 4 nitrogen and oxygen atoms in total. The molecule has 1 atom stereocenters. The molecule has 2 aromatic rings. The summed E-state index contributed by atoms with van der Waals surface area (Å²) in [6.45, 7) is 3.79. The molecule has 0 spiro atoms. The van der Waals surface area contributed by atoms with Crippen LogP contribution in [-0.4, -0.2) is 35.5 Å². The van der Waals surface area contributed by atoms with Crippen LogP contribution in [0.15, 0.2) is 36.5 Å². The molecule has 0 unspecified atom stereocenters. The Bertz CT molecular complexity index is 787. The molecular weight excluding hydrogens is 312 g/mol. The Balaban J connectivity index is 1.52. The van der Waals surface area contributed by atoms with Gasteiger partial charge < -0.3 is 9.64 Å². The Morgan fingerprint density at radius 2 is 2.00 bits per heavy atom. The van der Waals surface area contributed by atoms with Crippen LogP contribution in [-0.2, 0) is 17.6 Å². The van der Waals surface area contributed by atoms with Crippen LogP contribution in [0.25, 0.3) is 0 Å². The average Bonchev–Trinajstić information content (AvgIpc) is 2.67. The standard InChI is InChI=1S/C21H24N2O2/c1-15-12-18(8-9-22-15)20-14-23(10-11-25-20)21(24)19-7-6-16-4-2-3-5-17(16)13-19/h6-9,12-13,20H,2-5,10-11,14H2,1H3/t20-/m1/s1.